The maximum atomic E-state index is 13.0. The minimum atomic E-state index is -0.126. The van der Waals surface area contributed by atoms with E-state index in [1.807, 2.05) is 19.1 Å². The first-order valence-corrected chi connectivity index (χ1v) is 9.44. The molecule has 0 radical (unpaired) electrons. The van der Waals surface area contributed by atoms with Crippen molar-refractivity contribution in [3.05, 3.63) is 29.3 Å². The van der Waals surface area contributed by atoms with E-state index in [0.717, 1.165) is 42.5 Å². The molecule has 2 saturated heterocycles. The first kappa shape index (κ1) is 16.4. The van der Waals surface area contributed by atoms with E-state index in [1.165, 1.54) is 19.3 Å². The van der Waals surface area contributed by atoms with Crippen molar-refractivity contribution < 1.29 is 9.59 Å². The Labute approximate surface area is 149 Å². The summed E-state index contributed by atoms with van der Waals surface area (Å²) >= 11 is 0. The van der Waals surface area contributed by atoms with Crippen LogP contribution in [0.4, 0.5) is 10.5 Å². The van der Waals surface area contributed by atoms with E-state index in [0.29, 0.717) is 17.5 Å². The lowest BCUT2D eigenvalue weighted by atomic mass is 9.68. The van der Waals surface area contributed by atoms with Gasteiger partial charge in [0, 0.05) is 30.9 Å². The number of urea groups is 1. The molecular formula is C20H27N3O2. The Morgan fingerprint density at radius 1 is 1.04 bits per heavy atom. The Bertz CT molecular complexity index is 688. The van der Waals surface area contributed by atoms with Crippen LogP contribution >= 0.6 is 0 Å². The summed E-state index contributed by atoms with van der Waals surface area (Å²) in [6.45, 7) is 2.77. The van der Waals surface area contributed by atoms with E-state index >= 15 is 0 Å². The molecule has 5 nitrogen and oxygen atoms in total. The number of hydrogen-bond donors (Lipinski definition) is 2. The SMILES string of the molecule is CNC(=O)c1cccc(NC(=O)N2CC3CC4CC(C3)CC2C4)c1C. The molecule has 2 aliphatic carbocycles. The minimum absolute atomic E-state index is 0.00430. The van der Waals surface area contributed by atoms with E-state index in [1.54, 1.807) is 13.1 Å². The predicted octanol–water partition coefficient (Wildman–Crippen LogP) is 3.40. The molecule has 25 heavy (non-hydrogen) atoms. The maximum absolute atomic E-state index is 13.0. The molecule has 2 atom stereocenters. The van der Waals surface area contributed by atoms with Gasteiger partial charge in [0.2, 0.25) is 0 Å². The molecule has 3 amide bonds. The van der Waals surface area contributed by atoms with Crippen molar-refractivity contribution in [2.75, 3.05) is 18.9 Å². The van der Waals surface area contributed by atoms with Crippen LogP contribution in [0.2, 0.25) is 0 Å². The van der Waals surface area contributed by atoms with Crippen molar-refractivity contribution in [3.63, 3.8) is 0 Å². The van der Waals surface area contributed by atoms with Gasteiger partial charge in [-0.05, 0) is 74.5 Å². The van der Waals surface area contributed by atoms with Gasteiger partial charge in [0.05, 0.1) is 0 Å². The van der Waals surface area contributed by atoms with Crippen molar-refractivity contribution in [1.29, 1.82) is 0 Å². The topological polar surface area (TPSA) is 61.4 Å². The summed E-state index contributed by atoms with van der Waals surface area (Å²) in [4.78, 5) is 27.1. The Hall–Kier alpha value is -2.04. The number of amides is 3. The summed E-state index contributed by atoms with van der Waals surface area (Å²) < 4.78 is 0. The first-order valence-electron chi connectivity index (χ1n) is 9.44. The highest BCUT2D eigenvalue weighted by Crippen LogP contribution is 2.47. The third-order valence-corrected chi connectivity index (χ3v) is 6.41. The van der Waals surface area contributed by atoms with Gasteiger partial charge in [-0.2, -0.15) is 0 Å². The second kappa shape index (κ2) is 6.36. The molecule has 4 aliphatic rings. The Balaban J connectivity index is 1.54. The van der Waals surface area contributed by atoms with E-state index in [-0.39, 0.29) is 11.9 Å². The normalized spacial score (nSPS) is 30.1. The van der Waals surface area contributed by atoms with Gasteiger partial charge in [0.15, 0.2) is 0 Å². The Morgan fingerprint density at radius 3 is 2.40 bits per heavy atom. The van der Waals surface area contributed by atoms with Crippen LogP contribution in [-0.2, 0) is 0 Å². The van der Waals surface area contributed by atoms with Crippen LogP contribution in [-0.4, -0.2) is 36.5 Å². The van der Waals surface area contributed by atoms with Gasteiger partial charge < -0.3 is 15.5 Å². The molecule has 134 valence electrons. The molecule has 0 spiro atoms. The highest BCUT2D eigenvalue weighted by Gasteiger charge is 2.44. The number of nitrogens with zero attached hydrogens (tertiary/aromatic N) is 1. The van der Waals surface area contributed by atoms with Crippen LogP contribution in [0, 0.1) is 24.7 Å². The molecular weight excluding hydrogens is 314 g/mol. The van der Waals surface area contributed by atoms with Crippen molar-refractivity contribution in [1.82, 2.24) is 10.2 Å². The van der Waals surface area contributed by atoms with Gasteiger partial charge in [0.25, 0.3) is 5.91 Å². The van der Waals surface area contributed by atoms with Crippen molar-refractivity contribution in [2.24, 2.45) is 17.8 Å². The van der Waals surface area contributed by atoms with E-state index < -0.39 is 0 Å². The van der Waals surface area contributed by atoms with Gasteiger partial charge in [0.1, 0.15) is 0 Å². The van der Waals surface area contributed by atoms with Crippen molar-refractivity contribution >= 4 is 17.6 Å². The molecule has 5 heteroatoms. The van der Waals surface area contributed by atoms with Gasteiger partial charge in [-0.25, -0.2) is 4.79 Å². The van der Waals surface area contributed by atoms with Crippen LogP contribution < -0.4 is 10.6 Å². The molecule has 2 saturated carbocycles. The third-order valence-electron chi connectivity index (χ3n) is 6.41. The van der Waals surface area contributed by atoms with E-state index in [4.69, 9.17) is 0 Å². The monoisotopic (exact) mass is 341 g/mol. The Morgan fingerprint density at radius 2 is 1.72 bits per heavy atom. The maximum Gasteiger partial charge on any atom is 0.322 e. The number of fused-ring (bicyclic) bond motifs is 1. The van der Waals surface area contributed by atoms with Crippen LogP contribution in [0.15, 0.2) is 18.2 Å². The summed E-state index contributed by atoms with van der Waals surface area (Å²) in [6, 6.07) is 5.87. The molecule has 5 rings (SSSR count). The van der Waals surface area contributed by atoms with Gasteiger partial charge >= 0.3 is 6.03 Å². The number of carbonyl (C=O) groups excluding carboxylic acids is 2. The number of benzene rings is 1. The largest absolute Gasteiger partial charge is 0.355 e. The molecule has 2 N–H and O–H groups in total. The second-order valence-corrected chi connectivity index (χ2v) is 8.07. The Kier molecular flexibility index (Phi) is 4.18. The minimum Gasteiger partial charge on any atom is -0.355 e. The van der Waals surface area contributed by atoms with Crippen molar-refractivity contribution in [2.45, 2.75) is 45.1 Å². The van der Waals surface area contributed by atoms with Crippen LogP contribution in [0.5, 0.6) is 0 Å². The number of anilines is 1. The quantitative estimate of drug-likeness (QED) is 0.866. The number of carbonyl (C=O) groups is 2. The average Bonchev–Trinajstić information content (AvgIpc) is 2.79. The van der Waals surface area contributed by atoms with Crippen molar-refractivity contribution in [3.8, 4) is 0 Å². The summed E-state index contributed by atoms with van der Waals surface area (Å²) in [7, 11) is 1.62. The lowest BCUT2D eigenvalue weighted by Crippen LogP contribution is -2.44. The fourth-order valence-corrected chi connectivity index (χ4v) is 5.37. The molecule has 2 unspecified atom stereocenters. The fourth-order valence-electron chi connectivity index (χ4n) is 5.37. The van der Waals surface area contributed by atoms with Crippen LogP contribution in [0.1, 0.15) is 48.0 Å². The molecule has 2 heterocycles. The molecule has 2 aliphatic heterocycles. The fraction of sp³-hybridized carbons (Fsp3) is 0.600. The summed E-state index contributed by atoms with van der Waals surface area (Å²) in [5.74, 6) is 2.18. The lowest BCUT2D eigenvalue weighted by Gasteiger charge is -2.38. The molecule has 4 fully saturated rings. The van der Waals surface area contributed by atoms with E-state index in [2.05, 4.69) is 15.5 Å². The van der Waals surface area contributed by atoms with E-state index in [9.17, 15) is 9.59 Å². The standard InChI is InChI=1S/C20H27N3O2/c1-12-17(19(24)21-2)4-3-5-18(12)22-20(25)23-11-15-7-13-6-14(8-15)10-16(23)9-13/h3-5,13-16H,6-11H2,1-2H3,(H,21,24)(H,22,25). The first-order chi connectivity index (χ1) is 12.0. The third kappa shape index (κ3) is 3.00. The smallest absolute Gasteiger partial charge is 0.322 e. The highest BCUT2D eigenvalue weighted by molar-refractivity contribution is 5.99. The molecule has 1 aromatic rings. The van der Waals surface area contributed by atoms with Gasteiger partial charge in [-0.1, -0.05) is 6.07 Å². The molecule has 0 aromatic heterocycles. The van der Waals surface area contributed by atoms with Crippen LogP contribution in [0.25, 0.3) is 0 Å². The number of hydrogen-bond acceptors (Lipinski definition) is 2. The zero-order chi connectivity index (χ0) is 17.6. The summed E-state index contributed by atoms with van der Waals surface area (Å²) in [5, 5.41) is 5.73. The molecule has 1 aromatic carbocycles. The zero-order valence-electron chi connectivity index (χ0n) is 15.0. The number of rotatable bonds is 2. The second-order valence-electron chi connectivity index (χ2n) is 8.07. The summed E-state index contributed by atoms with van der Waals surface area (Å²) in [5.41, 5.74) is 2.15. The summed E-state index contributed by atoms with van der Waals surface area (Å²) in [6.07, 6.45) is 6.29. The van der Waals surface area contributed by atoms with Gasteiger partial charge in [-0.3, -0.25) is 4.79 Å². The van der Waals surface area contributed by atoms with Crippen LogP contribution in [0.3, 0.4) is 0 Å². The lowest BCUT2D eigenvalue weighted by molar-refractivity contribution is 0.0962. The molecule has 4 bridgehead atoms. The number of nitrogens with one attached hydrogen (secondary N) is 2. The zero-order valence-corrected chi connectivity index (χ0v) is 15.0. The predicted molar refractivity (Wildman–Crippen MR) is 97.6 cm³/mol. The average molecular weight is 341 g/mol. The highest BCUT2D eigenvalue weighted by atomic mass is 16.2. The van der Waals surface area contributed by atoms with Gasteiger partial charge in [-0.15, -0.1) is 0 Å².